The predicted molar refractivity (Wildman–Crippen MR) is 119 cm³/mol. The Hall–Kier alpha value is -3.87. The summed E-state index contributed by atoms with van der Waals surface area (Å²) in [6.45, 7) is 2.29. The predicted octanol–water partition coefficient (Wildman–Crippen LogP) is 4.62. The highest BCUT2D eigenvalue weighted by Crippen LogP contribution is 2.28. The molecule has 0 aliphatic carbocycles. The average Bonchev–Trinajstić information content (AvgIpc) is 3.54. The number of hydrogen-bond donors (Lipinski definition) is 2. The van der Waals surface area contributed by atoms with Crippen molar-refractivity contribution in [2.24, 2.45) is 0 Å². The molecule has 148 valence electrons. The van der Waals surface area contributed by atoms with E-state index in [1.807, 2.05) is 23.0 Å². The highest BCUT2D eigenvalue weighted by Gasteiger charge is 2.13. The second kappa shape index (κ2) is 6.88. The van der Waals surface area contributed by atoms with Crippen LogP contribution in [-0.2, 0) is 0 Å². The van der Waals surface area contributed by atoms with Crippen molar-refractivity contribution >= 4 is 33.7 Å². The lowest BCUT2D eigenvalue weighted by Gasteiger charge is -2.18. The summed E-state index contributed by atoms with van der Waals surface area (Å²) >= 11 is 0. The maximum Gasteiger partial charge on any atom is 0.180 e. The molecule has 6 rings (SSSR count). The van der Waals surface area contributed by atoms with Crippen LogP contribution in [0.15, 0.2) is 67.3 Å². The summed E-state index contributed by atoms with van der Waals surface area (Å²) in [6.07, 6.45) is 10.1. The Morgan fingerprint density at radius 2 is 1.87 bits per heavy atom. The van der Waals surface area contributed by atoms with Gasteiger partial charge in [0.1, 0.15) is 0 Å². The quantitative estimate of drug-likeness (QED) is 0.465. The van der Waals surface area contributed by atoms with Crippen LogP contribution in [0.4, 0.5) is 17.2 Å². The summed E-state index contributed by atoms with van der Waals surface area (Å²) in [5.41, 5.74) is 5.95. The number of rotatable bonds is 4. The van der Waals surface area contributed by atoms with E-state index in [-0.39, 0.29) is 0 Å². The van der Waals surface area contributed by atoms with Gasteiger partial charge in [0.25, 0.3) is 0 Å². The minimum absolute atomic E-state index is 0.733. The Bertz CT molecular complexity index is 1330. The molecule has 0 bridgehead atoms. The first-order valence-electron chi connectivity index (χ1n) is 10.2. The average molecular weight is 395 g/mol. The molecule has 0 spiro atoms. The van der Waals surface area contributed by atoms with E-state index in [1.54, 1.807) is 6.20 Å². The monoisotopic (exact) mass is 395 g/mol. The number of nitrogens with zero attached hydrogens (tertiary/aromatic N) is 5. The standard InChI is InChI=1S/C23H21N7/c1-2-11-29(10-1)19-7-5-18(6-8-19)26-22-23-24-9-12-30(23)15-21(27-22)16-3-4-17-14-25-28-20(17)13-16/h3-9,12-15H,1-2,10-11H2,(H,25,28)(H,26,27). The first-order valence-corrected chi connectivity index (χ1v) is 10.2. The molecule has 1 fully saturated rings. The molecule has 4 heterocycles. The minimum atomic E-state index is 0.733. The van der Waals surface area contributed by atoms with Gasteiger partial charge in [0.15, 0.2) is 11.5 Å². The zero-order chi connectivity index (χ0) is 19.9. The molecular weight excluding hydrogens is 374 g/mol. The van der Waals surface area contributed by atoms with Crippen LogP contribution in [-0.4, -0.2) is 37.7 Å². The molecule has 2 aromatic carbocycles. The van der Waals surface area contributed by atoms with Gasteiger partial charge in [-0.1, -0.05) is 12.1 Å². The molecule has 1 aliphatic rings. The van der Waals surface area contributed by atoms with E-state index in [0.717, 1.165) is 52.4 Å². The molecule has 0 saturated carbocycles. The third-order valence-corrected chi connectivity index (χ3v) is 5.71. The largest absolute Gasteiger partial charge is 0.372 e. The summed E-state index contributed by atoms with van der Waals surface area (Å²) in [5.74, 6) is 0.733. The summed E-state index contributed by atoms with van der Waals surface area (Å²) < 4.78 is 2.00. The molecule has 0 amide bonds. The van der Waals surface area contributed by atoms with Crippen LogP contribution in [0.2, 0.25) is 0 Å². The summed E-state index contributed by atoms with van der Waals surface area (Å²) in [4.78, 5) is 11.8. The van der Waals surface area contributed by atoms with Gasteiger partial charge < -0.3 is 14.6 Å². The van der Waals surface area contributed by atoms with E-state index >= 15 is 0 Å². The molecule has 0 unspecified atom stereocenters. The lowest BCUT2D eigenvalue weighted by Crippen LogP contribution is -2.17. The second-order valence-electron chi connectivity index (χ2n) is 7.67. The number of imidazole rings is 1. The van der Waals surface area contributed by atoms with Gasteiger partial charge in [-0.3, -0.25) is 5.10 Å². The number of anilines is 3. The molecule has 3 aromatic heterocycles. The topological polar surface area (TPSA) is 74.1 Å². The maximum absolute atomic E-state index is 4.89. The molecule has 2 N–H and O–H groups in total. The van der Waals surface area contributed by atoms with Crippen LogP contribution in [0, 0.1) is 0 Å². The fourth-order valence-electron chi connectivity index (χ4n) is 4.12. The number of hydrogen-bond acceptors (Lipinski definition) is 5. The Labute approximate surface area is 173 Å². The molecule has 30 heavy (non-hydrogen) atoms. The van der Waals surface area contributed by atoms with Crippen LogP contribution in [0.3, 0.4) is 0 Å². The molecule has 0 atom stereocenters. The minimum Gasteiger partial charge on any atom is -0.372 e. The Morgan fingerprint density at radius 1 is 1.00 bits per heavy atom. The number of fused-ring (bicyclic) bond motifs is 2. The van der Waals surface area contributed by atoms with E-state index < -0.39 is 0 Å². The van der Waals surface area contributed by atoms with Crippen molar-refractivity contribution in [1.29, 1.82) is 0 Å². The SMILES string of the molecule is c1cn2cc(-c3ccc4cn[nH]c4c3)nc(Nc3ccc(N4CCCC4)cc3)c2n1. The number of aromatic amines is 1. The van der Waals surface area contributed by atoms with Crippen LogP contribution < -0.4 is 10.2 Å². The second-order valence-corrected chi connectivity index (χ2v) is 7.67. The van der Waals surface area contributed by atoms with Crippen LogP contribution >= 0.6 is 0 Å². The summed E-state index contributed by atoms with van der Waals surface area (Å²) in [6, 6.07) is 14.8. The van der Waals surface area contributed by atoms with E-state index in [0.29, 0.717) is 0 Å². The van der Waals surface area contributed by atoms with Crippen molar-refractivity contribution in [3.63, 3.8) is 0 Å². The van der Waals surface area contributed by atoms with Crippen molar-refractivity contribution in [1.82, 2.24) is 24.6 Å². The fraction of sp³-hybridized carbons (Fsp3) is 0.174. The third kappa shape index (κ3) is 2.95. The Kier molecular flexibility index (Phi) is 3.90. The van der Waals surface area contributed by atoms with Gasteiger partial charge in [0, 0.05) is 54.0 Å². The first-order chi connectivity index (χ1) is 14.8. The molecule has 7 nitrogen and oxygen atoms in total. The number of H-pyrrole nitrogens is 1. The van der Waals surface area contributed by atoms with Crippen molar-refractivity contribution < 1.29 is 0 Å². The van der Waals surface area contributed by atoms with Gasteiger partial charge in [0.2, 0.25) is 0 Å². The van der Waals surface area contributed by atoms with Crippen LogP contribution in [0.1, 0.15) is 12.8 Å². The van der Waals surface area contributed by atoms with Gasteiger partial charge in [-0.15, -0.1) is 0 Å². The molecule has 1 aliphatic heterocycles. The van der Waals surface area contributed by atoms with Crippen molar-refractivity contribution in [2.45, 2.75) is 12.8 Å². The zero-order valence-corrected chi connectivity index (χ0v) is 16.4. The van der Waals surface area contributed by atoms with Gasteiger partial charge >= 0.3 is 0 Å². The van der Waals surface area contributed by atoms with E-state index in [9.17, 15) is 0 Å². The van der Waals surface area contributed by atoms with Crippen LogP contribution in [0.5, 0.6) is 0 Å². The number of nitrogens with one attached hydrogen (secondary N) is 2. The molecule has 0 radical (unpaired) electrons. The van der Waals surface area contributed by atoms with Gasteiger partial charge in [-0.05, 0) is 43.2 Å². The maximum atomic E-state index is 4.89. The van der Waals surface area contributed by atoms with Crippen molar-refractivity contribution in [3.05, 3.63) is 67.3 Å². The van der Waals surface area contributed by atoms with Gasteiger partial charge in [-0.25, -0.2) is 9.97 Å². The molecular formula is C23H21N7. The van der Waals surface area contributed by atoms with Gasteiger partial charge in [0.05, 0.1) is 17.4 Å². The van der Waals surface area contributed by atoms with Crippen molar-refractivity contribution in [3.8, 4) is 11.3 Å². The summed E-state index contributed by atoms with van der Waals surface area (Å²) in [7, 11) is 0. The molecule has 1 saturated heterocycles. The highest BCUT2D eigenvalue weighted by molar-refractivity contribution is 5.84. The van der Waals surface area contributed by atoms with Crippen LogP contribution in [0.25, 0.3) is 27.8 Å². The number of benzene rings is 2. The van der Waals surface area contributed by atoms with E-state index in [1.165, 1.54) is 18.5 Å². The first kappa shape index (κ1) is 17.0. The fourth-order valence-corrected chi connectivity index (χ4v) is 4.12. The Morgan fingerprint density at radius 3 is 2.73 bits per heavy atom. The highest BCUT2D eigenvalue weighted by atomic mass is 15.1. The zero-order valence-electron chi connectivity index (χ0n) is 16.4. The molecule has 7 heteroatoms. The van der Waals surface area contributed by atoms with Gasteiger partial charge in [-0.2, -0.15) is 5.10 Å². The van der Waals surface area contributed by atoms with Crippen molar-refractivity contribution in [2.75, 3.05) is 23.3 Å². The lowest BCUT2D eigenvalue weighted by atomic mass is 10.1. The summed E-state index contributed by atoms with van der Waals surface area (Å²) in [5, 5.41) is 11.7. The van der Waals surface area contributed by atoms with E-state index in [4.69, 9.17) is 4.98 Å². The smallest absolute Gasteiger partial charge is 0.180 e. The molecule has 5 aromatic rings. The normalized spacial score (nSPS) is 14.1. The Balaban J connectivity index is 1.36. The van der Waals surface area contributed by atoms with E-state index in [2.05, 4.69) is 67.9 Å². The number of aromatic nitrogens is 5. The third-order valence-electron chi connectivity index (χ3n) is 5.71. The lowest BCUT2D eigenvalue weighted by molar-refractivity contribution is 0.949.